The monoisotopic (exact) mass is 254 g/mol. The average molecular weight is 254 g/mol. The smallest absolute Gasteiger partial charge is 0.239 e. The molecule has 4 heteroatoms. The van der Waals surface area contributed by atoms with Crippen molar-refractivity contribution >= 4 is 5.91 Å². The molecule has 1 atom stereocenters. The molecule has 0 aliphatic carbocycles. The summed E-state index contributed by atoms with van der Waals surface area (Å²) in [6.07, 6.45) is 4.33. The van der Waals surface area contributed by atoms with Crippen molar-refractivity contribution in [2.45, 2.75) is 57.7 Å². The molecule has 2 aliphatic rings. The maximum atomic E-state index is 12.5. The summed E-state index contributed by atoms with van der Waals surface area (Å²) >= 11 is 0. The highest BCUT2D eigenvalue weighted by Gasteiger charge is 2.37. The summed E-state index contributed by atoms with van der Waals surface area (Å²) in [6, 6.07) is 0.950. The van der Waals surface area contributed by atoms with Crippen LogP contribution >= 0.6 is 0 Å². The van der Waals surface area contributed by atoms with Gasteiger partial charge in [-0.1, -0.05) is 0 Å². The number of hydrogen-bond donors (Lipinski definition) is 0. The van der Waals surface area contributed by atoms with Crippen LogP contribution in [0.2, 0.25) is 0 Å². The molecule has 1 amide bonds. The van der Waals surface area contributed by atoms with Gasteiger partial charge in [0.15, 0.2) is 0 Å². The van der Waals surface area contributed by atoms with Crippen molar-refractivity contribution in [1.29, 1.82) is 0 Å². The summed E-state index contributed by atoms with van der Waals surface area (Å²) in [6.45, 7) is 6.93. The summed E-state index contributed by atoms with van der Waals surface area (Å²) in [5, 5.41) is 0. The minimum absolute atomic E-state index is 0.112. The molecule has 0 aromatic carbocycles. The van der Waals surface area contributed by atoms with E-state index >= 15 is 0 Å². The fraction of sp³-hybridized carbons (Fsp3) is 0.929. The predicted octanol–water partition coefficient (Wildman–Crippen LogP) is 1.50. The predicted molar refractivity (Wildman–Crippen MR) is 71.5 cm³/mol. The Labute approximate surface area is 110 Å². The van der Waals surface area contributed by atoms with Crippen molar-refractivity contribution in [1.82, 2.24) is 9.80 Å². The van der Waals surface area contributed by atoms with Gasteiger partial charge >= 0.3 is 0 Å². The molecule has 0 N–H and O–H groups in total. The van der Waals surface area contributed by atoms with Gasteiger partial charge in [-0.15, -0.1) is 0 Å². The number of amides is 1. The number of carbonyl (C=O) groups is 1. The molecule has 2 aliphatic heterocycles. The van der Waals surface area contributed by atoms with Crippen LogP contribution in [-0.2, 0) is 9.53 Å². The van der Waals surface area contributed by atoms with Crippen molar-refractivity contribution < 1.29 is 9.53 Å². The summed E-state index contributed by atoms with van der Waals surface area (Å²) in [5.74, 6) is 0.300. The summed E-state index contributed by atoms with van der Waals surface area (Å²) in [4.78, 5) is 16.8. The Hall–Kier alpha value is -0.610. The van der Waals surface area contributed by atoms with Crippen LogP contribution in [0, 0.1) is 0 Å². The molecular weight excluding hydrogens is 228 g/mol. The van der Waals surface area contributed by atoms with Crippen LogP contribution in [0.3, 0.4) is 0 Å². The fourth-order valence-electron chi connectivity index (χ4n) is 3.00. The van der Waals surface area contributed by atoms with Crippen molar-refractivity contribution in [2.75, 3.05) is 26.8 Å². The van der Waals surface area contributed by atoms with Gasteiger partial charge in [0.25, 0.3) is 0 Å². The number of hydrogen-bond acceptors (Lipinski definition) is 3. The first-order valence-corrected chi connectivity index (χ1v) is 7.21. The Bertz CT molecular complexity index is 288. The van der Waals surface area contributed by atoms with E-state index in [0.29, 0.717) is 11.9 Å². The molecule has 0 saturated carbocycles. The van der Waals surface area contributed by atoms with Gasteiger partial charge < -0.3 is 9.64 Å². The van der Waals surface area contributed by atoms with E-state index in [1.807, 2.05) is 11.9 Å². The zero-order chi connectivity index (χ0) is 13.1. The van der Waals surface area contributed by atoms with Crippen molar-refractivity contribution in [3.63, 3.8) is 0 Å². The Balaban J connectivity index is 2.00. The molecule has 0 aromatic heterocycles. The van der Waals surface area contributed by atoms with Crippen LogP contribution in [0.1, 0.15) is 39.5 Å². The van der Waals surface area contributed by atoms with Gasteiger partial charge in [-0.3, -0.25) is 9.69 Å². The van der Waals surface area contributed by atoms with Crippen molar-refractivity contribution in [2.24, 2.45) is 0 Å². The van der Waals surface area contributed by atoms with E-state index in [9.17, 15) is 4.79 Å². The molecular formula is C14H26N2O2. The number of nitrogens with zero attached hydrogens (tertiary/aromatic N) is 2. The molecule has 4 nitrogen and oxygen atoms in total. The minimum atomic E-state index is 0.112. The van der Waals surface area contributed by atoms with Crippen LogP contribution in [0.4, 0.5) is 0 Å². The van der Waals surface area contributed by atoms with Crippen LogP contribution in [-0.4, -0.2) is 60.6 Å². The van der Waals surface area contributed by atoms with Gasteiger partial charge in [0.05, 0.1) is 6.04 Å². The summed E-state index contributed by atoms with van der Waals surface area (Å²) < 4.78 is 5.42. The molecule has 0 spiro atoms. The van der Waals surface area contributed by atoms with Gasteiger partial charge in [0.1, 0.15) is 0 Å². The van der Waals surface area contributed by atoms with Gasteiger partial charge in [0.2, 0.25) is 5.91 Å². The molecule has 2 fully saturated rings. The first-order valence-electron chi connectivity index (χ1n) is 7.21. The van der Waals surface area contributed by atoms with E-state index < -0.39 is 0 Å². The minimum Gasteiger partial charge on any atom is -0.381 e. The molecule has 104 valence electrons. The number of ether oxygens (including phenoxy) is 1. The van der Waals surface area contributed by atoms with Gasteiger partial charge in [-0.25, -0.2) is 0 Å². The number of likely N-dealkylation sites (tertiary alicyclic amines) is 1. The lowest BCUT2D eigenvalue weighted by molar-refractivity contribution is -0.137. The zero-order valence-electron chi connectivity index (χ0n) is 11.9. The van der Waals surface area contributed by atoms with Gasteiger partial charge in [-0.05, 0) is 46.1 Å². The molecule has 0 aromatic rings. The van der Waals surface area contributed by atoms with Gasteiger partial charge in [0, 0.05) is 32.3 Å². The van der Waals surface area contributed by atoms with Crippen LogP contribution < -0.4 is 0 Å². The Kier molecular flexibility index (Phi) is 4.62. The first-order chi connectivity index (χ1) is 8.61. The third kappa shape index (κ3) is 2.86. The number of rotatable bonds is 3. The lowest BCUT2D eigenvalue weighted by atomic mass is 10.1. The standard InChI is InChI=1S/C14H26N2O2/c1-11(2)15(3)14(17)13-5-4-8-16(13)12-6-9-18-10-7-12/h11-13H,4-10H2,1-3H3. The van der Waals surface area contributed by atoms with E-state index in [4.69, 9.17) is 4.74 Å². The summed E-state index contributed by atoms with van der Waals surface area (Å²) in [5.41, 5.74) is 0. The fourth-order valence-corrected chi connectivity index (χ4v) is 3.00. The second kappa shape index (κ2) is 6.02. The Morgan fingerprint density at radius 2 is 1.94 bits per heavy atom. The molecule has 18 heavy (non-hydrogen) atoms. The highest BCUT2D eigenvalue weighted by molar-refractivity contribution is 5.82. The normalized spacial score (nSPS) is 26.8. The van der Waals surface area contributed by atoms with Gasteiger partial charge in [-0.2, -0.15) is 0 Å². The zero-order valence-corrected chi connectivity index (χ0v) is 11.9. The van der Waals surface area contributed by atoms with Crippen molar-refractivity contribution in [3.8, 4) is 0 Å². The maximum Gasteiger partial charge on any atom is 0.239 e. The number of likely N-dealkylation sites (N-methyl/N-ethyl adjacent to an activating group) is 1. The summed E-state index contributed by atoms with van der Waals surface area (Å²) in [7, 11) is 1.92. The van der Waals surface area contributed by atoms with E-state index in [1.165, 1.54) is 0 Å². The van der Waals surface area contributed by atoms with Crippen molar-refractivity contribution in [3.05, 3.63) is 0 Å². The third-order valence-corrected chi connectivity index (χ3v) is 4.36. The third-order valence-electron chi connectivity index (χ3n) is 4.36. The molecule has 0 bridgehead atoms. The van der Waals surface area contributed by atoms with Crippen LogP contribution in [0.15, 0.2) is 0 Å². The first kappa shape index (κ1) is 13.8. The van der Waals surface area contributed by atoms with E-state index in [2.05, 4.69) is 18.7 Å². The van der Waals surface area contributed by atoms with E-state index in [0.717, 1.165) is 45.4 Å². The largest absolute Gasteiger partial charge is 0.381 e. The SMILES string of the molecule is CC(C)N(C)C(=O)C1CCCN1C1CCOCC1. The maximum absolute atomic E-state index is 12.5. The topological polar surface area (TPSA) is 32.8 Å². The molecule has 2 rings (SSSR count). The lowest BCUT2D eigenvalue weighted by Crippen LogP contribution is -2.51. The Morgan fingerprint density at radius 1 is 1.28 bits per heavy atom. The lowest BCUT2D eigenvalue weighted by Gasteiger charge is -2.36. The Morgan fingerprint density at radius 3 is 2.56 bits per heavy atom. The quantitative estimate of drug-likeness (QED) is 0.765. The highest BCUT2D eigenvalue weighted by atomic mass is 16.5. The van der Waals surface area contributed by atoms with E-state index in [1.54, 1.807) is 0 Å². The molecule has 2 heterocycles. The second-order valence-corrected chi connectivity index (χ2v) is 5.78. The van der Waals surface area contributed by atoms with Crippen LogP contribution in [0.25, 0.3) is 0 Å². The molecule has 2 saturated heterocycles. The average Bonchev–Trinajstić information content (AvgIpc) is 2.87. The number of carbonyl (C=O) groups excluding carboxylic acids is 1. The molecule has 0 radical (unpaired) electrons. The van der Waals surface area contributed by atoms with E-state index in [-0.39, 0.29) is 12.1 Å². The van der Waals surface area contributed by atoms with Crippen LogP contribution in [0.5, 0.6) is 0 Å². The highest BCUT2D eigenvalue weighted by Crippen LogP contribution is 2.26. The second-order valence-electron chi connectivity index (χ2n) is 5.78. The molecule has 1 unspecified atom stereocenters.